The van der Waals surface area contributed by atoms with Crippen LogP contribution in [0.15, 0.2) is 0 Å². The SMILES string of the molecule is Nc1nc2c(s1)N1CCC2CC1. The molecule has 0 radical (unpaired) electrons. The molecule has 0 spiro atoms. The van der Waals surface area contributed by atoms with Gasteiger partial charge in [-0.2, -0.15) is 0 Å². The van der Waals surface area contributed by atoms with E-state index in [1.165, 1.54) is 36.6 Å². The largest absolute Gasteiger partial charge is 0.375 e. The van der Waals surface area contributed by atoms with Gasteiger partial charge in [0.25, 0.3) is 0 Å². The van der Waals surface area contributed by atoms with Gasteiger partial charge in [0.05, 0.1) is 5.69 Å². The van der Waals surface area contributed by atoms with Gasteiger partial charge in [0, 0.05) is 19.0 Å². The highest BCUT2D eigenvalue weighted by Gasteiger charge is 2.33. The molecule has 1 aromatic heterocycles. The van der Waals surface area contributed by atoms with Crippen molar-refractivity contribution in [1.82, 2.24) is 4.98 Å². The van der Waals surface area contributed by atoms with Gasteiger partial charge >= 0.3 is 0 Å². The van der Waals surface area contributed by atoms with Gasteiger partial charge in [0.1, 0.15) is 5.00 Å². The minimum atomic E-state index is 0.707. The van der Waals surface area contributed by atoms with Crippen LogP contribution in [0.25, 0.3) is 0 Å². The van der Waals surface area contributed by atoms with Crippen LogP contribution in [-0.2, 0) is 0 Å². The first-order chi connectivity index (χ1) is 5.84. The van der Waals surface area contributed by atoms with E-state index < -0.39 is 0 Å². The number of thiazole rings is 1. The van der Waals surface area contributed by atoms with E-state index in [0.29, 0.717) is 5.92 Å². The molecule has 0 atom stereocenters. The summed E-state index contributed by atoms with van der Waals surface area (Å²) in [6.45, 7) is 2.42. The molecule has 4 rings (SSSR count). The standard InChI is InChI=1S/C8H11N3S/c9-8-10-6-5-1-3-11(4-2-5)7(6)12-8/h5H,1-4H2,(H2,9,10). The Hall–Kier alpha value is -0.770. The lowest BCUT2D eigenvalue weighted by atomic mass is 9.89. The van der Waals surface area contributed by atoms with Gasteiger partial charge in [-0.3, -0.25) is 0 Å². The molecule has 1 aromatic rings. The van der Waals surface area contributed by atoms with Crippen molar-refractivity contribution >= 4 is 21.5 Å². The predicted octanol–water partition coefficient (Wildman–Crippen LogP) is 1.42. The Morgan fingerprint density at radius 3 is 2.83 bits per heavy atom. The van der Waals surface area contributed by atoms with Gasteiger partial charge < -0.3 is 10.6 Å². The van der Waals surface area contributed by atoms with Crippen LogP contribution >= 0.6 is 11.3 Å². The minimum absolute atomic E-state index is 0.707. The minimum Gasteiger partial charge on any atom is -0.375 e. The van der Waals surface area contributed by atoms with Crippen molar-refractivity contribution in [2.45, 2.75) is 18.8 Å². The average Bonchev–Trinajstić information content (AvgIpc) is 2.49. The van der Waals surface area contributed by atoms with E-state index in [1.807, 2.05) is 0 Å². The molecule has 3 aliphatic heterocycles. The summed E-state index contributed by atoms with van der Waals surface area (Å²) < 4.78 is 0. The van der Waals surface area contributed by atoms with E-state index in [1.54, 1.807) is 11.3 Å². The van der Waals surface area contributed by atoms with E-state index in [9.17, 15) is 0 Å². The summed E-state index contributed by atoms with van der Waals surface area (Å²) in [6, 6.07) is 0. The first kappa shape index (κ1) is 6.71. The number of rotatable bonds is 0. The Balaban J connectivity index is 2.18. The van der Waals surface area contributed by atoms with Gasteiger partial charge in [0.2, 0.25) is 0 Å². The zero-order valence-corrected chi connectivity index (χ0v) is 7.60. The molecule has 0 aromatic carbocycles. The molecule has 2 N–H and O–H groups in total. The summed E-state index contributed by atoms with van der Waals surface area (Å²) in [5, 5.41) is 2.08. The molecule has 0 saturated carbocycles. The Labute approximate surface area is 75.2 Å². The van der Waals surface area contributed by atoms with Crippen LogP contribution < -0.4 is 10.6 Å². The number of hydrogen-bond donors (Lipinski definition) is 1. The highest BCUT2D eigenvalue weighted by atomic mass is 32.1. The number of piperidine rings is 1. The lowest BCUT2D eigenvalue weighted by Gasteiger charge is -2.38. The lowest BCUT2D eigenvalue weighted by Crippen LogP contribution is -2.37. The maximum absolute atomic E-state index is 5.69. The molecule has 3 nitrogen and oxygen atoms in total. The van der Waals surface area contributed by atoms with Crippen LogP contribution in [0.4, 0.5) is 10.1 Å². The van der Waals surface area contributed by atoms with Gasteiger partial charge in [-0.05, 0) is 12.8 Å². The fourth-order valence-corrected chi connectivity index (χ4v) is 3.16. The summed E-state index contributed by atoms with van der Waals surface area (Å²) in [4.78, 5) is 6.81. The Bertz CT molecular complexity index is 283. The zero-order valence-electron chi connectivity index (χ0n) is 6.79. The molecule has 1 saturated heterocycles. The number of nitrogens with zero attached hydrogens (tertiary/aromatic N) is 2. The van der Waals surface area contributed by atoms with Crippen molar-refractivity contribution in [3.63, 3.8) is 0 Å². The number of aromatic nitrogens is 1. The van der Waals surface area contributed by atoms with E-state index in [-0.39, 0.29) is 0 Å². The fourth-order valence-electron chi connectivity index (χ4n) is 2.19. The first-order valence-electron chi connectivity index (χ1n) is 4.36. The molecular weight excluding hydrogens is 170 g/mol. The quantitative estimate of drug-likeness (QED) is 0.658. The number of nitrogens with two attached hydrogens (primary N) is 1. The molecule has 3 aliphatic rings. The Morgan fingerprint density at radius 1 is 1.42 bits per heavy atom. The average molecular weight is 181 g/mol. The molecule has 4 heteroatoms. The number of fused-ring (bicyclic) bond motifs is 2. The summed E-state index contributed by atoms with van der Waals surface area (Å²) >= 11 is 1.65. The highest BCUT2D eigenvalue weighted by Crippen LogP contribution is 2.45. The van der Waals surface area contributed by atoms with Crippen LogP contribution in [0, 0.1) is 0 Å². The van der Waals surface area contributed by atoms with Crippen molar-refractivity contribution in [2.75, 3.05) is 23.7 Å². The third-order valence-electron chi connectivity index (χ3n) is 2.82. The van der Waals surface area contributed by atoms with E-state index in [2.05, 4.69) is 9.88 Å². The van der Waals surface area contributed by atoms with Crippen molar-refractivity contribution < 1.29 is 0 Å². The zero-order chi connectivity index (χ0) is 8.13. The maximum Gasteiger partial charge on any atom is 0.182 e. The second-order valence-corrected chi connectivity index (χ2v) is 4.51. The first-order valence-corrected chi connectivity index (χ1v) is 5.17. The van der Waals surface area contributed by atoms with Gasteiger partial charge in [-0.15, -0.1) is 0 Å². The maximum atomic E-state index is 5.69. The topological polar surface area (TPSA) is 42.1 Å². The van der Waals surface area contributed by atoms with Crippen molar-refractivity contribution in [1.29, 1.82) is 0 Å². The highest BCUT2D eigenvalue weighted by molar-refractivity contribution is 7.19. The summed E-state index contributed by atoms with van der Waals surface area (Å²) in [5.74, 6) is 0.707. The molecule has 12 heavy (non-hydrogen) atoms. The van der Waals surface area contributed by atoms with Crippen LogP contribution in [0.2, 0.25) is 0 Å². The van der Waals surface area contributed by atoms with Crippen molar-refractivity contribution in [2.24, 2.45) is 0 Å². The van der Waals surface area contributed by atoms with Crippen LogP contribution in [0.3, 0.4) is 0 Å². The monoisotopic (exact) mass is 181 g/mol. The van der Waals surface area contributed by atoms with Crippen LogP contribution in [0.5, 0.6) is 0 Å². The fraction of sp³-hybridized carbons (Fsp3) is 0.625. The van der Waals surface area contributed by atoms with E-state index >= 15 is 0 Å². The molecule has 0 aliphatic carbocycles. The summed E-state index contributed by atoms with van der Waals surface area (Å²) in [6.07, 6.45) is 2.55. The third-order valence-corrected chi connectivity index (χ3v) is 3.78. The second kappa shape index (κ2) is 2.13. The lowest BCUT2D eigenvalue weighted by molar-refractivity contribution is 0.470. The predicted molar refractivity (Wildman–Crippen MR) is 50.7 cm³/mol. The van der Waals surface area contributed by atoms with Crippen molar-refractivity contribution in [3.05, 3.63) is 5.69 Å². The molecule has 4 heterocycles. The summed E-state index contributed by atoms with van der Waals surface area (Å²) in [7, 11) is 0. The Kier molecular flexibility index (Phi) is 1.19. The molecule has 64 valence electrons. The smallest absolute Gasteiger partial charge is 0.182 e. The molecule has 0 amide bonds. The normalized spacial score (nSPS) is 21.5. The van der Waals surface area contributed by atoms with Gasteiger partial charge in [-0.1, -0.05) is 11.3 Å². The summed E-state index contributed by atoms with van der Waals surface area (Å²) in [5.41, 5.74) is 6.96. The number of nitrogen functional groups attached to an aromatic ring is 1. The van der Waals surface area contributed by atoms with Gasteiger partial charge in [0.15, 0.2) is 5.13 Å². The second-order valence-electron chi connectivity index (χ2n) is 3.50. The van der Waals surface area contributed by atoms with Crippen LogP contribution in [-0.4, -0.2) is 18.1 Å². The molecule has 1 fully saturated rings. The van der Waals surface area contributed by atoms with Crippen molar-refractivity contribution in [3.8, 4) is 0 Å². The number of hydrogen-bond acceptors (Lipinski definition) is 4. The van der Waals surface area contributed by atoms with Gasteiger partial charge in [-0.25, -0.2) is 4.98 Å². The molecule has 0 unspecified atom stereocenters. The van der Waals surface area contributed by atoms with E-state index in [4.69, 9.17) is 5.73 Å². The van der Waals surface area contributed by atoms with E-state index in [0.717, 1.165) is 5.13 Å². The Morgan fingerprint density at radius 2 is 2.17 bits per heavy atom. The number of anilines is 2. The van der Waals surface area contributed by atoms with Crippen LogP contribution in [0.1, 0.15) is 24.5 Å². The third kappa shape index (κ3) is 0.732. The molecule has 2 bridgehead atoms. The molecular formula is C8H11N3S.